The highest BCUT2D eigenvalue weighted by Crippen LogP contribution is 2.24. The van der Waals surface area contributed by atoms with Crippen molar-refractivity contribution < 1.29 is 14.3 Å². The van der Waals surface area contributed by atoms with Crippen molar-refractivity contribution in [2.45, 2.75) is 13.0 Å². The largest absolute Gasteiger partial charge is 0.497 e. The minimum atomic E-state index is -0.525. The van der Waals surface area contributed by atoms with Gasteiger partial charge >= 0.3 is 6.03 Å². The molecular formula is C19H23N3O3. The quantitative estimate of drug-likeness (QED) is 0.752. The number of amides is 3. The molecule has 132 valence electrons. The summed E-state index contributed by atoms with van der Waals surface area (Å²) in [5, 5.41) is 7.80. The maximum absolute atomic E-state index is 11.9. The second-order valence-corrected chi connectivity index (χ2v) is 5.63. The number of hydrogen-bond acceptors (Lipinski definition) is 4. The van der Waals surface area contributed by atoms with Gasteiger partial charge in [-0.05, 0) is 30.2 Å². The van der Waals surface area contributed by atoms with Crippen LogP contribution >= 0.6 is 0 Å². The molecule has 0 saturated carbocycles. The molecule has 1 unspecified atom stereocenters. The Labute approximate surface area is 147 Å². The Morgan fingerprint density at radius 3 is 2.08 bits per heavy atom. The fraction of sp³-hybridized carbons (Fsp3) is 0.263. The van der Waals surface area contributed by atoms with Crippen LogP contribution < -0.4 is 20.7 Å². The van der Waals surface area contributed by atoms with Crippen molar-refractivity contribution >= 4 is 11.9 Å². The highest BCUT2D eigenvalue weighted by atomic mass is 16.5. The van der Waals surface area contributed by atoms with Crippen molar-refractivity contribution in [1.29, 1.82) is 0 Å². The van der Waals surface area contributed by atoms with Crippen LogP contribution in [0, 0.1) is 6.92 Å². The van der Waals surface area contributed by atoms with Crippen molar-refractivity contribution in [3.63, 3.8) is 0 Å². The second kappa shape index (κ2) is 8.84. The van der Waals surface area contributed by atoms with Gasteiger partial charge in [0.2, 0.25) is 5.91 Å². The van der Waals surface area contributed by atoms with Crippen LogP contribution in [-0.4, -0.2) is 32.6 Å². The molecule has 0 aromatic heterocycles. The monoisotopic (exact) mass is 341 g/mol. The molecule has 2 aromatic rings. The molecular weight excluding hydrogens is 318 g/mol. The lowest BCUT2D eigenvalue weighted by Crippen LogP contribution is -2.42. The maximum atomic E-state index is 11.9. The van der Waals surface area contributed by atoms with Gasteiger partial charge in [0, 0.05) is 7.05 Å². The number of methoxy groups -OCH3 is 1. The molecule has 2 aromatic carbocycles. The number of benzene rings is 2. The summed E-state index contributed by atoms with van der Waals surface area (Å²) in [5.74, 6) is 0.369. The van der Waals surface area contributed by atoms with Crippen LogP contribution in [0.5, 0.6) is 5.75 Å². The topological polar surface area (TPSA) is 79.5 Å². The Balaban J connectivity index is 2.18. The second-order valence-electron chi connectivity index (χ2n) is 5.63. The van der Waals surface area contributed by atoms with Crippen molar-refractivity contribution in [2.75, 3.05) is 20.7 Å². The number of ether oxygens (including phenoxy) is 1. The van der Waals surface area contributed by atoms with Gasteiger partial charge in [0.25, 0.3) is 0 Å². The van der Waals surface area contributed by atoms with Gasteiger partial charge in [-0.2, -0.15) is 0 Å². The molecule has 6 heteroatoms. The number of aryl methyl sites for hydroxylation is 1. The van der Waals surface area contributed by atoms with E-state index in [1.165, 1.54) is 7.05 Å². The summed E-state index contributed by atoms with van der Waals surface area (Å²) in [6.45, 7) is 2.04. The first-order valence-electron chi connectivity index (χ1n) is 7.99. The number of nitrogens with one attached hydrogen (secondary N) is 3. The van der Waals surface area contributed by atoms with E-state index in [1.54, 1.807) is 7.11 Å². The van der Waals surface area contributed by atoms with Crippen LogP contribution in [0.3, 0.4) is 0 Å². The van der Waals surface area contributed by atoms with Crippen LogP contribution in [0.4, 0.5) is 4.79 Å². The molecule has 3 amide bonds. The van der Waals surface area contributed by atoms with Crippen molar-refractivity contribution in [3.8, 4) is 5.75 Å². The zero-order valence-electron chi connectivity index (χ0n) is 14.6. The molecule has 0 fully saturated rings. The Morgan fingerprint density at radius 1 is 1.00 bits per heavy atom. The molecule has 6 nitrogen and oxygen atoms in total. The normalized spacial score (nSPS) is 11.5. The summed E-state index contributed by atoms with van der Waals surface area (Å²) in [7, 11) is 3.08. The zero-order chi connectivity index (χ0) is 18.2. The average Bonchev–Trinajstić information content (AvgIpc) is 2.63. The van der Waals surface area contributed by atoms with Gasteiger partial charge in [-0.15, -0.1) is 0 Å². The number of hydrogen-bond donors (Lipinski definition) is 3. The molecule has 0 aliphatic rings. The number of carbonyl (C=O) groups excluding carboxylic acids is 2. The van der Waals surface area contributed by atoms with E-state index in [0.717, 1.165) is 22.4 Å². The standard InChI is InChI=1S/C19H23N3O3/c1-13-4-6-14(7-5-13)18(15-8-10-16(25-3)11-9-15)21-12-17(23)22-19(24)20-2/h4-11,18,21H,12H2,1-3H3,(H2,20,22,23,24). The molecule has 0 bridgehead atoms. The number of rotatable bonds is 6. The van der Waals surface area contributed by atoms with E-state index in [0.29, 0.717) is 0 Å². The predicted octanol–water partition coefficient (Wildman–Crippen LogP) is 2.14. The molecule has 0 spiro atoms. The fourth-order valence-corrected chi connectivity index (χ4v) is 2.41. The van der Waals surface area contributed by atoms with Gasteiger partial charge < -0.3 is 10.1 Å². The van der Waals surface area contributed by atoms with E-state index in [4.69, 9.17) is 4.74 Å². The van der Waals surface area contributed by atoms with E-state index in [9.17, 15) is 9.59 Å². The molecule has 0 aliphatic heterocycles. The third-order valence-electron chi connectivity index (χ3n) is 3.81. The summed E-state index contributed by atoms with van der Waals surface area (Å²) >= 11 is 0. The molecule has 3 N–H and O–H groups in total. The lowest BCUT2D eigenvalue weighted by molar-refractivity contribution is -0.119. The third-order valence-corrected chi connectivity index (χ3v) is 3.81. The van der Waals surface area contributed by atoms with Crippen LogP contribution in [0.2, 0.25) is 0 Å². The van der Waals surface area contributed by atoms with E-state index in [2.05, 4.69) is 16.0 Å². The minimum absolute atomic E-state index is 0.0119. The molecule has 25 heavy (non-hydrogen) atoms. The Hall–Kier alpha value is -2.86. The zero-order valence-corrected chi connectivity index (χ0v) is 14.6. The SMILES string of the molecule is CNC(=O)NC(=O)CNC(c1ccc(C)cc1)c1ccc(OC)cc1. The van der Waals surface area contributed by atoms with Crippen LogP contribution in [0.1, 0.15) is 22.7 Å². The molecule has 0 radical (unpaired) electrons. The molecule has 1 atom stereocenters. The minimum Gasteiger partial charge on any atom is -0.497 e. The summed E-state index contributed by atoms with van der Waals surface area (Å²) in [4.78, 5) is 23.1. The summed E-state index contributed by atoms with van der Waals surface area (Å²) < 4.78 is 5.20. The van der Waals surface area contributed by atoms with Gasteiger partial charge in [-0.3, -0.25) is 15.4 Å². The van der Waals surface area contributed by atoms with E-state index >= 15 is 0 Å². The average molecular weight is 341 g/mol. The Kier molecular flexibility index (Phi) is 6.54. The first-order chi connectivity index (χ1) is 12.0. The molecule has 0 heterocycles. The molecule has 2 rings (SSSR count). The van der Waals surface area contributed by atoms with Gasteiger partial charge in [0.1, 0.15) is 5.75 Å². The first-order valence-corrected chi connectivity index (χ1v) is 7.99. The van der Waals surface area contributed by atoms with Gasteiger partial charge in [0.15, 0.2) is 0 Å². The molecule has 0 aliphatic carbocycles. The van der Waals surface area contributed by atoms with Crippen LogP contribution in [-0.2, 0) is 4.79 Å². The Morgan fingerprint density at radius 2 is 1.56 bits per heavy atom. The van der Waals surface area contributed by atoms with Crippen LogP contribution in [0.15, 0.2) is 48.5 Å². The highest BCUT2D eigenvalue weighted by Gasteiger charge is 2.16. The van der Waals surface area contributed by atoms with Gasteiger partial charge in [-0.25, -0.2) is 4.79 Å². The van der Waals surface area contributed by atoms with E-state index in [-0.39, 0.29) is 12.6 Å². The van der Waals surface area contributed by atoms with Crippen molar-refractivity contribution in [1.82, 2.24) is 16.0 Å². The van der Waals surface area contributed by atoms with Crippen molar-refractivity contribution in [3.05, 3.63) is 65.2 Å². The van der Waals surface area contributed by atoms with E-state index < -0.39 is 11.9 Å². The van der Waals surface area contributed by atoms with E-state index in [1.807, 2.05) is 55.5 Å². The smallest absolute Gasteiger partial charge is 0.321 e. The Bertz CT molecular complexity index is 712. The number of carbonyl (C=O) groups is 2. The predicted molar refractivity (Wildman–Crippen MR) is 96.6 cm³/mol. The maximum Gasteiger partial charge on any atom is 0.321 e. The van der Waals surface area contributed by atoms with Crippen LogP contribution in [0.25, 0.3) is 0 Å². The lowest BCUT2D eigenvalue weighted by Gasteiger charge is -2.20. The fourth-order valence-electron chi connectivity index (χ4n) is 2.41. The van der Waals surface area contributed by atoms with Crippen molar-refractivity contribution in [2.24, 2.45) is 0 Å². The lowest BCUT2D eigenvalue weighted by atomic mass is 9.97. The number of imide groups is 1. The molecule has 0 saturated heterocycles. The van der Waals surface area contributed by atoms with Gasteiger partial charge in [-0.1, -0.05) is 42.0 Å². The first kappa shape index (κ1) is 18.5. The summed E-state index contributed by atoms with van der Waals surface area (Å²) in [5.41, 5.74) is 3.19. The number of urea groups is 1. The summed E-state index contributed by atoms with van der Waals surface area (Å²) in [6, 6.07) is 15.1. The van der Waals surface area contributed by atoms with Gasteiger partial charge in [0.05, 0.1) is 19.7 Å². The third kappa shape index (κ3) is 5.32. The highest BCUT2D eigenvalue weighted by molar-refractivity contribution is 5.95. The summed E-state index contributed by atoms with van der Waals surface area (Å²) in [6.07, 6.45) is 0.